The first-order chi connectivity index (χ1) is 9.65. The number of hydrogen-bond donors (Lipinski definition) is 1. The lowest BCUT2D eigenvalue weighted by Crippen LogP contribution is -2.21. The van der Waals surface area contributed by atoms with E-state index in [9.17, 15) is 9.59 Å². The lowest BCUT2D eigenvalue weighted by molar-refractivity contribution is -0.140. The van der Waals surface area contributed by atoms with Gasteiger partial charge in [0.05, 0.1) is 6.61 Å². The van der Waals surface area contributed by atoms with Crippen LogP contribution in [0.4, 0.5) is 0 Å². The van der Waals surface area contributed by atoms with Crippen LogP contribution in [-0.2, 0) is 14.3 Å². The summed E-state index contributed by atoms with van der Waals surface area (Å²) in [7, 11) is 0. The number of amides is 1. The number of unbranched alkanes of at least 4 members (excludes halogenated alkanes) is 3. The first-order valence-electron chi connectivity index (χ1n) is 7.83. The van der Waals surface area contributed by atoms with Gasteiger partial charge in [-0.15, -0.1) is 0 Å². The average molecular weight is 281 g/mol. The number of rotatable bonds is 8. The van der Waals surface area contributed by atoms with Gasteiger partial charge in [-0.2, -0.15) is 0 Å². The van der Waals surface area contributed by atoms with E-state index in [-0.39, 0.29) is 11.9 Å². The number of primary amides is 1. The molecule has 0 bridgehead atoms. The van der Waals surface area contributed by atoms with Crippen LogP contribution in [0, 0.1) is 5.92 Å². The SMILES string of the molecule is CCCCCCOC(=O)C(=CC(N)=O)C1CCCCC1. The number of hydrogen-bond acceptors (Lipinski definition) is 3. The van der Waals surface area contributed by atoms with Crippen LogP contribution in [0.1, 0.15) is 64.7 Å². The molecule has 0 aromatic rings. The van der Waals surface area contributed by atoms with E-state index in [1.165, 1.54) is 12.5 Å². The summed E-state index contributed by atoms with van der Waals surface area (Å²) in [6, 6.07) is 0. The van der Waals surface area contributed by atoms with E-state index in [2.05, 4.69) is 6.92 Å². The molecule has 0 saturated heterocycles. The molecule has 0 aliphatic heterocycles. The van der Waals surface area contributed by atoms with Crippen LogP contribution in [0.5, 0.6) is 0 Å². The molecular weight excluding hydrogens is 254 g/mol. The van der Waals surface area contributed by atoms with E-state index in [1.807, 2.05) is 0 Å². The molecule has 1 amide bonds. The smallest absolute Gasteiger partial charge is 0.334 e. The summed E-state index contributed by atoms with van der Waals surface area (Å²) >= 11 is 0. The maximum atomic E-state index is 12.1. The molecule has 1 saturated carbocycles. The molecule has 4 heteroatoms. The molecule has 1 fully saturated rings. The molecule has 0 radical (unpaired) electrons. The second-order valence-corrected chi connectivity index (χ2v) is 5.53. The average Bonchev–Trinajstić information content (AvgIpc) is 2.45. The summed E-state index contributed by atoms with van der Waals surface area (Å²) in [5.74, 6) is -0.778. The molecule has 0 aromatic heterocycles. The predicted octanol–water partition coefficient (Wildman–Crippen LogP) is 3.10. The highest BCUT2D eigenvalue weighted by Gasteiger charge is 2.24. The number of ether oxygens (including phenoxy) is 1. The normalized spacial score (nSPS) is 16.9. The Morgan fingerprint density at radius 2 is 1.85 bits per heavy atom. The molecule has 0 aromatic carbocycles. The number of nitrogens with two attached hydrogens (primary N) is 1. The van der Waals surface area contributed by atoms with Crippen LogP contribution in [0.25, 0.3) is 0 Å². The van der Waals surface area contributed by atoms with Crippen molar-refractivity contribution < 1.29 is 14.3 Å². The summed E-state index contributed by atoms with van der Waals surface area (Å²) in [5, 5.41) is 0. The van der Waals surface area contributed by atoms with Gasteiger partial charge in [-0.3, -0.25) is 4.79 Å². The third-order valence-electron chi connectivity index (χ3n) is 3.81. The highest BCUT2D eigenvalue weighted by atomic mass is 16.5. The molecule has 2 N–H and O–H groups in total. The highest BCUT2D eigenvalue weighted by Crippen LogP contribution is 2.30. The van der Waals surface area contributed by atoms with Crippen molar-refractivity contribution in [3.05, 3.63) is 11.6 Å². The maximum Gasteiger partial charge on any atom is 0.334 e. The topological polar surface area (TPSA) is 69.4 Å². The van der Waals surface area contributed by atoms with E-state index < -0.39 is 5.91 Å². The monoisotopic (exact) mass is 281 g/mol. The minimum atomic E-state index is -0.562. The van der Waals surface area contributed by atoms with Crippen LogP contribution < -0.4 is 5.73 Å². The van der Waals surface area contributed by atoms with Gasteiger partial charge >= 0.3 is 5.97 Å². The molecule has 20 heavy (non-hydrogen) atoms. The van der Waals surface area contributed by atoms with Gasteiger partial charge < -0.3 is 10.5 Å². The van der Waals surface area contributed by atoms with E-state index in [0.717, 1.165) is 51.4 Å². The Labute approximate surface area is 121 Å². The summed E-state index contributed by atoms with van der Waals surface area (Å²) in [4.78, 5) is 23.2. The number of carbonyl (C=O) groups is 2. The number of carbonyl (C=O) groups excluding carboxylic acids is 2. The van der Waals surface area contributed by atoms with Crippen LogP contribution >= 0.6 is 0 Å². The largest absolute Gasteiger partial charge is 0.462 e. The van der Waals surface area contributed by atoms with E-state index in [4.69, 9.17) is 10.5 Å². The fourth-order valence-electron chi connectivity index (χ4n) is 2.69. The predicted molar refractivity (Wildman–Crippen MR) is 79.0 cm³/mol. The second kappa shape index (κ2) is 9.56. The van der Waals surface area contributed by atoms with Crippen molar-refractivity contribution in [3.8, 4) is 0 Å². The molecular formula is C16H27NO3. The third kappa shape index (κ3) is 6.22. The van der Waals surface area contributed by atoms with Gasteiger partial charge in [-0.25, -0.2) is 4.79 Å². The Hall–Kier alpha value is -1.32. The number of esters is 1. The van der Waals surface area contributed by atoms with Crippen LogP contribution in [0.15, 0.2) is 11.6 Å². The Morgan fingerprint density at radius 1 is 1.15 bits per heavy atom. The molecule has 4 nitrogen and oxygen atoms in total. The van der Waals surface area contributed by atoms with Crippen molar-refractivity contribution in [1.29, 1.82) is 0 Å². The summed E-state index contributed by atoms with van der Waals surface area (Å²) < 4.78 is 5.29. The van der Waals surface area contributed by atoms with Crippen LogP contribution in [0.3, 0.4) is 0 Å². The van der Waals surface area contributed by atoms with Gasteiger partial charge in [0.1, 0.15) is 0 Å². The minimum Gasteiger partial charge on any atom is -0.462 e. The van der Waals surface area contributed by atoms with Gasteiger partial charge in [0.15, 0.2) is 0 Å². The molecule has 1 rings (SSSR count). The van der Waals surface area contributed by atoms with Crippen LogP contribution in [0.2, 0.25) is 0 Å². The molecule has 1 aliphatic rings. The first-order valence-corrected chi connectivity index (χ1v) is 7.83. The van der Waals surface area contributed by atoms with Gasteiger partial charge in [0.2, 0.25) is 5.91 Å². The zero-order chi connectivity index (χ0) is 14.8. The van der Waals surface area contributed by atoms with Crippen molar-refractivity contribution >= 4 is 11.9 Å². The van der Waals surface area contributed by atoms with Gasteiger partial charge in [0, 0.05) is 11.6 Å². The van der Waals surface area contributed by atoms with Gasteiger partial charge in [-0.1, -0.05) is 45.4 Å². The molecule has 114 valence electrons. The summed E-state index contributed by atoms with van der Waals surface area (Å²) in [6.45, 7) is 2.57. The fourth-order valence-corrected chi connectivity index (χ4v) is 2.69. The molecule has 0 atom stereocenters. The molecule has 0 spiro atoms. The molecule has 0 unspecified atom stereocenters. The lowest BCUT2D eigenvalue weighted by Gasteiger charge is -2.23. The Bertz CT molecular complexity index is 344. The Balaban J connectivity index is 2.50. The van der Waals surface area contributed by atoms with Crippen molar-refractivity contribution in [2.24, 2.45) is 11.7 Å². The zero-order valence-corrected chi connectivity index (χ0v) is 12.5. The van der Waals surface area contributed by atoms with E-state index in [1.54, 1.807) is 0 Å². The Kier molecular flexibility index (Phi) is 8.00. The van der Waals surface area contributed by atoms with E-state index >= 15 is 0 Å². The van der Waals surface area contributed by atoms with Crippen molar-refractivity contribution in [2.45, 2.75) is 64.7 Å². The maximum absolute atomic E-state index is 12.1. The van der Waals surface area contributed by atoms with Crippen LogP contribution in [-0.4, -0.2) is 18.5 Å². The van der Waals surface area contributed by atoms with Gasteiger partial charge in [0.25, 0.3) is 0 Å². The minimum absolute atomic E-state index is 0.138. The fraction of sp³-hybridized carbons (Fsp3) is 0.750. The van der Waals surface area contributed by atoms with Crippen molar-refractivity contribution in [3.63, 3.8) is 0 Å². The van der Waals surface area contributed by atoms with Crippen molar-refractivity contribution in [1.82, 2.24) is 0 Å². The molecule has 0 heterocycles. The van der Waals surface area contributed by atoms with Crippen molar-refractivity contribution in [2.75, 3.05) is 6.61 Å². The third-order valence-corrected chi connectivity index (χ3v) is 3.81. The summed E-state index contributed by atoms with van der Waals surface area (Å²) in [6.07, 6.45) is 10.8. The second-order valence-electron chi connectivity index (χ2n) is 5.53. The summed E-state index contributed by atoms with van der Waals surface area (Å²) in [5.41, 5.74) is 5.69. The quantitative estimate of drug-likeness (QED) is 0.422. The van der Waals surface area contributed by atoms with Gasteiger partial charge in [-0.05, 0) is 25.2 Å². The first kappa shape index (κ1) is 16.7. The Morgan fingerprint density at radius 3 is 2.45 bits per heavy atom. The van der Waals surface area contributed by atoms with E-state index in [0.29, 0.717) is 12.2 Å². The highest BCUT2D eigenvalue weighted by molar-refractivity contribution is 5.98. The zero-order valence-electron chi connectivity index (χ0n) is 12.5. The lowest BCUT2D eigenvalue weighted by atomic mass is 9.83. The molecule has 1 aliphatic carbocycles. The standard InChI is InChI=1S/C16H27NO3/c1-2-3-4-8-11-20-16(19)14(12-15(17)18)13-9-6-5-7-10-13/h12-13H,2-11H2,1H3,(H2,17,18).